The lowest BCUT2D eigenvalue weighted by atomic mass is 10.2. The van der Waals surface area contributed by atoms with Crippen LogP contribution in [0.5, 0.6) is 0 Å². The van der Waals surface area contributed by atoms with Gasteiger partial charge in [0.05, 0.1) is 0 Å². The minimum atomic E-state index is -0.215. The highest BCUT2D eigenvalue weighted by Crippen LogP contribution is 2.21. The first-order chi connectivity index (χ1) is 9.19. The molecule has 1 aromatic carbocycles. The molecule has 0 saturated carbocycles. The summed E-state index contributed by atoms with van der Waals surface area (Å²) in [5.74, 6) is -0.0825. The molecule has 1 aromatic rings. The van der Waals surface area contributed by atoms with Gasteiger partial charge >= 0.3 is 0 Å². The van der Waals surface area contributed by atoms with Crippen molar-refractivity contribution in [1.82, 2.24) is 5.32 Å². The van der Waals surface area contributed by atoms with Gasteiger partial charge in [-0.15, -0.1) is 0 Å². The minimum absolute atomic E-state index is 0.132. The van der Waals surface area contributed by atoms with Crippen LogP contribution in [0.2, 0.25) is 0 Å². The Morgan fingerprint density at radius 1 is 1.53 bits per heavy atom. The number of amides is 1. The fourth-order valence-corrected chi connectivity index (χ4v) is 2.42. The Kier molecular flexibility index (Phi) is 4.77. The Bertz CT molecular complexity index is 436. The topological polar surface area (TPSA) is 32.3 Å². The van der Waals surface area contributed by atoms with E-state index in [-0.39, 0.29) is 17.8 Å². The average molecular weight is 264 g/mol. The third kappa shape index (κ3) is 3.94. The quantitative estimate of drug-likeness (QED) is 0.887. The van der Waals surface area contributed by atoms with Crippen LogP contribution in [0.3, 0.4) is 0 Å². The molecule has 0 radical (unpaired) electrons. The van der Waals surface area contributed by atoms with E-state index in [2.05, 4.69) is 17.1 Å². The second kappa shape index (κ2) is 6.55. The zero-order valence-electron chi connectivity index (χ0n) is 11.4. The molecular formula is C15H21FN2O. The van der Waals surface area contributed by atoms with E-state index in [1.165, 1.54) is 6.07 Å². The Hall–Kier alpha value is -1.58. The molecule has 1 fully saturated rings. The molecule has 0 aromatic heterocycles. The fourth-order valence-electron chi connectivity index (χ4n) is 2.42. The lowest BCUT2D eigenvalue weighted by molar-refractivity contribution is -0.121. The van der Waals surface area contributed by atoms with Crippen LogP contribution in [-0.4, -0.2) is 25.0 Å². The van der Waals surface area contributed by atoms with Gasteiger partial charge < -0.3 is 10.2 Å². The van der Waals surface area contributed by atoms with Gasteiger partial charge in [-0.1, -0.05) is 19.4 Å². The van der Waals surface area contributed by atoms with Crippen LogP contribution in [0.15, 0.2) is 24.3 Å². The number of anilines is 1. The van der Waals surface area contributed by atoms with E-state index in [1.807, 2.05) is 6.07 Å². The summed E-state index contributed by atoms with van der Waals surface area (Å²) in [6.45, 7) is 3.71. The van der Waals surface area contributed by atoms with Crippen molar-refractivity contribution in [3.63, 3.8) is 0 Å². The van der Waals surface area contributed by atoms with Gasteiger partial charge in [-0.3, -0.25) is 4.79 Å². The number of nitrogens with zero attached hydrogens (tertiary/aromatic N) is 1. The van der Waals surface area contributed by atoms with Gasteiger partial charge in [0.15, 0.2) is 0 Å². The van der Waals surface area contributed by atoms with Crippen molar-refractivity contribution >= 4 is 11.6 Å². The van der Waals surface area contributed by atoms with Crippen LogP contribution in [0, 0.1) is 5.82 Å². The molecule has 104 valence electrons. The van der Waals surface area contributed by atoms with Crippen molar-refractivity contribution in [2.75, 3.05) is 18.0 Å². The molecule has 1 N–H and O–H groups in total. The fraction of sp³-hybridized carbons (Fsp3) is 0.533. The van der Waals surface area contributed by atoms with Gasteiger partial charge in [0, 0.05) is 31.2 Å². The first kappa shape index (κ1) is 13.8. The summed E-state index contributed by atoms with van der Waals surface area (Å²) in [6.07, 6.45) is 3.50. The van der Waals surface area contributed by atoms with Crippen molar-refractivity contribution in [1.29, 1.82) is 0 Å². The smallest absolute Gasteiger partial charge is 0.220 e. The van der Waals surface area contributed by atoms with Crippen molar-refractivity contribution < 1.29 is 9.18 Å². The number of carbonyl (C=O) groups is 1. The van der Waals surface area contributed by atoms with Crippen LogP contribution in [0.25, 0.3) is 0 Å². The first-order valence-electron chi connectivity index (χ1n) is 6.99. The van der Waals surface area contributed by atoms with Gasteiger partial charge in [-0.2, -0.15) is 0 Å². The maximum Gasteiger partial charge on any atom is 0.220 e. The van der Waals surface area contributed by atoms with Crippen molar-refractivity contribution in [2.45, 2.75) is 38.6 Å². The lowest BCUT2D eigenvalue weighted by Gasteiger charge is -2.19. The van der Waals surface area contributed by atoms with Gasteiger partial charge in [0.2, 0.25) is 5.91 Å². The van der Waals surface area contributed by atoms with Crippen molar-refractivity contribution in [3.8, 4) is 0 Å². The maximum absolute atomic E-state index is 13.2. The summed E-state index contributed by atoms with van der Waals surface area (Å²) in [5, 5.41) is 3.05. The number of carbonyl (C=O) groups excluding carboxylic acids is 1. The van der Waals surface area contributed by atoms with Crippen LogP contribution < -0.4 is 10.2 Å². The average Bonchev–Trinajstić information content (AvgIpc) is 2.85. The van der Waals surface area contributed by atoms with E-state index in [0.29, 0.717) is 6.42 Å². The van der Waals surface area contributed by atoms with E-state index in [1.54, 1.807) is 12.1 Å². The van der Waals surface area contributed by atoms with E-state index in [9.17, 15) is 9.18 Å². The molecule has 1 aliphatic heterocycles. The molecular weight excluding hydrogens is 243 g/mol. The number of unbranched alkanes of at least 4 members (excludes halogenated alkanes) is 1. The van der Waals surface area contributed by atoms with Crippen molar-refractivity contribution in [3.05, 3.63) is 30.1 Å². The highest BCUT2D eigenvalue weighted by atomic mass is 19.1. The molecule has 0 aliphatic carbocycles. The first-order valence-corrected chi connectivity index (χ1v) is 6.99. The second-order valence-electron chi connectivity index (χ2n) is 5.08. The van der Waals surface area contributed by atoms with Crippen LogP contribution in [0.1, 0.15) is 32.6 Å². The maximum atomic E-state index is 13.2. The summed E-state index contributed by atoms with van der Waals surface area (Å²) < 4.78 is 13.2. The number of nitrogens with one attached hydrogen (secondary N) is 1. The summed E-state index contributed by atoms with van der Waals surface area (Å²) in [5.41, 5.74) is 0.894. The minimum Gasteiger partial charge on any atom is -0.369 e. The Balaban J connectivity index is 1.84. The predicted molar refractivity (Wildman–Crippen MR) is 74.7 cm³/mol. The largest absolute Gasteiger partial charge is 0.369 e. The lowest BCUT2D eigenvalue weighted by Crippen LogP contribution is -2.36. The van der Waals surface area contributed by atoms with Gasteiger partial charge in [-0.25, -0.2) is 4.39 Å². The second-order valence-corrected chi connectivity index (χ2v) is 5.08. The summed E-state index contributed by atoms with van der Waals surface area (Å²) in [4.78, 5) is 13.8. The Morgan fingerprint density at radius 2 is 2.37 bits per heavy atom. The van der Waals surface area contributed by atoms with Crippen LogP contribution in [0.4, 0.5) is 10.1 Å². The Morgan fingerprint density at radius 3 is 3.11 bits per heavy atom. The molecule has 2 rings (SSSR count). The van der Waals surface area contributed by atoms with Crippen LogP contribution in [-0.2, 0) is 4.79 Å². The molecule has 1 atom stereocenters. The third-order valence-electron chi connectivity index (χ3n) is 3.48. The third-order valence-corrected chi connectivity index (χ3v) is 3.48. The Labute approximate surface area is 113 Å². The highest BCUT2D eigenvalue weighted by Gasteiger charge is 2.23. The van der Waals surface area contributed by atoms with Crippen molar-refractivity contribution in [2.24, 2.45) is 0 Å². The normalized spacial score (nSPS) is 18.6. The standard InChI is InChI=1S/C15H21FN2O/c1-2-3-7-15(19)17-13-8-9-18(11-13)14-6-4-5-12(16)10-14/h4-6,10,13H,2-3,7-9,11H2,1H3,(H,17,19). The molecule has 1 saturated heterocycles. The van der Waals surface area contributed by atoms with E-state index >= 15 is 0 Å². The molecule has 4 heteroatoms. The zero-order chi connectivity index (χ0) is 13.7. The zero-order valence-corrected chi connectivity index (χ0v) is 11.4. The van der Waals surface area contributed by atoms with Gasteiger partial charge in [0.25, 0.3) is 0 Å². The SMILES string of the molecule is CCCCC(=O)NC1CCN(c2cccc(F)c2)C1. The molecule has 0 bridgehead atoms. The molecule has 0 spiro atoms. The molecule has 1 amide bonds. The number of benzene rings is 1. The van der Waals surface area contributed by atoms with E-state index in [0.717, 1.165) is 38.0 Å². The molecule has 19 heavy (non-hydrogen) atoms. The predicted octanol–water partition coefficient (Wildman–Crippen LogP) is 2.71. The molecule has 1 heterocycles. The summed E-state index contributed by atoms with van der Waals surface area (Å²) in [6, 6.07) is 6.81. The summed E-state index contributed by atoms with van der Waals surface area (Å²) in [7, 11) is 0. The molecule has 1 aliphatic rings. The number of hydrogen-bond acceptors (Lipinski definition) is 2. The van der Waals surface area contributed by atoms with Crippen LogP contribution >= 0.6 is 0 Å². The number of hydrogen-bond donors (Lipinski definition) is 1. The van der Waals surface area contributed by atoms with E-state index in [4.69, 9.17) is 0 Å². The number of rotatable bonds is 5. The highest BCUT2D eigenvalue weighted by molar-refractivity contribution is 5.76. The molecule has 1 unspecified atom stereocenters. The van der Waals surface area contributed by atoms with Gasteiger partial charge in [-0.05, 0) is 31.0 Å². The summed E-state index contributed by atoms with van der Waals surface area (Å²) >= 11 is 0. The van der Waals surface area contributed by atoms with E-state index < -0.39 is 0 Å². The monoisotopic (exact) mass is 264 g/mol. The molecule has 3 nitrogen and oxygen atoms in total. The number of halogens is 1. The van der Waals surface area contributed by atoms with Gasteiger partial charge in [0.1, 0.15) is 5.82 Å².